The third-order valence-electron chi connectivity index (χ3n) is 9.74. The van der Waals surface area contributed by atoms with Crippen LogP contribution in [-0.2, 0) is 0 Å². The molecule has 0 aliphatic heterocycles. The first kappa shape index (κ1) is 27.1. The molecule has 0 amide bonds. The number of rotatable bonds is 3. The van der Waals surface area contributed by atoms with Crippen LogP contribution in [0.25, 0.3) is 92.9 Å². The molecule has 226 valence electrons. The van der Waals surface area contributed by atoms with E-state index in [-0.39, 0.29) is 0 Å². The van der Waals surface area contributed by atoms with Crippen LogP contribution in [-0.4, -0.2) is 9.13 Å². The topological polar surface area (TPSA) is 51.1 Å². The zero-order valence-electron chi connectivity index (χ0n) is 26.1. The molecule has 0 N–H and O–H groups in total. The summed E-state index contributed by atoms with van der Waals surface area (Å²) in [7, 11) is 0. The Morgan fingerprint density at radius 2 is 1.14 bits per heavy atom. The zero-order valence-corrected chi connectivity index (χ0v) is 26.1. The minimum Gasteiger partial charge on any atom is -0.467 e. The van der Waals surface area contributed by atoms with Crippen molar-refractivity contribution in [3.8, 4) is 28.6 Å². The predicted octanol–water partition coefficient (Wildman–Crippen LogP) is 11.9. The molecule has 0 unspecified atom stereocenters. The largest absolute Gasteiger partial charge is 0.467 e. The SMILES string of the molecule is [C-]#[N+]c1cccc2c1oc1ccc3c(c4ccccc4n3-c3cccc(-c4cccc(-n5c6ccccc6c6cc(C#N)ccc65)c4)c3)c12. The molecule has 0 spiro atoms. The Morgan fingerprint density at radius 3 is 1.88 bits per heavy atom. The average Bonchev–Trinajstić information content (AvgIpc) is 3.82. The van der Waals surface area contributed by atoms with Gasteiger partial charge in [0.2, 0.25) is 5.69 Å². The van der Waals surface area contributed by atoms with Crippen LogP contribution in [0.3, 0.4) is 0 Å². The molecular weight excluding hydrogens is 601 g/mol. The number of fused-ring (bicyclic) bond motifs is 10. The molecule has 49 heavy (non-hydrogen) atoms. The molecule has 0 aliphatic rings. The lowest BCUT2D eigenvalue weighted by atomic mass is 10.0. The van der Waals surface area contributed by atoms with Crippen LogP contribution in [0, 0.1) is 17.9 Å². The second-order valence-corrected chi connectivity index (χ2v) is 12.4. The van der Waals surface area contributed by atoms with Crippen molar-refractivity contribution in [3.05, 3.63) is 163 Å². The summed E-state index contributed by atoms with van der Waals surface area (Å²) in [5.74, 6) is 0. The number of para-hydroxylation sites is 3. The molecular formula is C44H24N4O. The molecule has 0 bridgehead atoms. The highest BCUT2D eigenvalue weighted by Gasteiger charge is 2.20. The summed E-state index contributed by atoms with van der Waals surface area (Å²) in [6, 6.07) is 52.4. The molecule has 0 saturated heterocycles. The number of benzene rings is 7. The summed E-state index contributed by atoms with van der Waals surface area (Å²) >= 11 is 0. The first-order valence-corrected chi connectivity index (χ1v) is 16.1. The summed E-state index contributed by atoms with van der Waals surface area (Å²) in [6.07, 6.45) is 0. The third-order valence-corrected chi connectivity index (χ3v) is 9.74. The van der Waals surface area contributed by atoms with Crippen LogP contribution in [0.2, 0.25) is 0 Å². The molecule has 0 saturated carbocycles. The maximum Gasteiger partial charge on any atom is 0.229 e. The van der Waals surface area contributed by atoms with Gasteiger partial charge in [-0.25, -0.2) is 4.85 Å². The molecule has 0 radical (unpaired) electrons. The molecule has 10 rings (SSSR count). The van der Waals surface area contributed by atoms with E-state index in [4.69, 9.17) is 11.0 Å². The van der Waals surface area contributed by atoms with Gasteiger partial charge in [-0.15, -0.1) is 0 Å². The summed E-state index contributed by atoms with van der Waals surface area (Å²) in [5, 5.41) is 16.0. The Hall–Kier alpha value is -7.08. The van der Waals surface area contributed by atoms with E-state index in [2.05, 4.69) is 123 Å². The van der Waals surface area contributed by atoms with Gasteiger partial charge >= 0.3 is 0 Å². The first-order valence-electron chi connectivity index (χ1n) is 16.1. The lowest BCUT2D eigenvalue weighted by Gasteiger charge is -2.12. The molecule has 7 aromatic carbocycles. The van der Waals surface area contributed by atoms with Crippen molar-refractivity contribution < 1.29 is 4.42 Å². The predicted molar refractivity (Wildman–Crippen MR) is 199 cm³/mol. The highest BCUT2D eigenvalue weighted by atomic mass is 16.3. The van der Waals surface area contributed by atoms with Crippen molar-refractivity contribution in [1.82, 2.24) is 9.13 Å². The highest BCUT2D eigenvalue weighted by Crippen LogP contribution is 2.43. The number of aromatic nitrogens is 2. The fourth-order valence-electron chi connectivity index (χ4n) is 7.67. The summed E-state index contributed by atoms with van der Waals surface area (Å²) in [5.41, 5.74) is 11.3. The second-order valence-electron chi connectivity index (χ2n) is 12.4. The van der Waals surface area contributed by atoms with Gasteiger partial charge in [-0.05, 0) is 77.9 Å². The number of nitrogens with zero attached hydrogens (tertiary/aromatic N) is 4. The normalized spacial score (nSPS) is 11.6. The summed E-state index contributed by atoms with van der Waals surface area (Å²) in [6.45, 7) is 7.69. The lowest BCUT2D eigenvalue weighted by molar-refractivity contribution is 0.671. The van der Waals surface area contributed by atoms with Gasteiger partial charge in [0.15, 0.2) is 0 Å². The van der Waals surface area contributed by atoms with Gasteiger partial charge in [0.1, 0.15) is 11.2 Å². The van der Waals surface area contributed by atoms with Gasteiger partial charge in [-0.3, -0.25) is 0 Å². The van der Waals surface area contributed by atoms with Gasteiger partial charge in [-0.2, -0.15) is 5.26 Å². The summed E-state index contributed by atoms with van der Waals surface area (Å²) < 4.78 is 10.9. The van der Waals surface area contributed by atoms with E-state index >= 15 is 0 Å². The third kappa shape index (κ3) is 3.85. The maximum atomic E-state index is 9.59. The first-order chi connectivity index (χ1) is 24.2. The maximum absolute atomic E-state index is 9.59. The second kappa shape index (κ2) is 10.2. The summed E-state index contributed by atoms with van der Waals surface area (Å²) in [4.78, 5) is 3.72. The molecule has 0 aliphatic carbocycles. The quantitative estimate of drug-likeness (QED) is 0.184. The van der Waals surface area contributed by atoms with Crippen LogP contribution in [0.5, 0.6) is 0 Å². The van der Waals surface area contributed by atoms with Crippen molar-refractivity contribution in [2.75, 3.05) is 0 Å². The van der Waals surface area contributed by atoms with Crippen molar-refractivity contribution in [2.24, 2.45) is 0 Å². The van der Waals surface area contributed by atoms with E-state index in [0.29, 0.717) is 16.8 Å². The van der Waals surface area contributed by atoms with Crippen molar-refractivity contribution in [2.45, 2.75) is 0 Å². The van der Waals surface area contributed by atoms with E-state index in [1.54, 1.807) is 0 Å². The van der Waals surface area contributed by atoms with Crippen molar-refractivity contribution in [3.63, 3.8) is 0 Å². The number of hydrogen-bond acceptors (Lipinski definition) is 2. The zero-order chi connectivity index (χ0) is 32.6. The van der Waals surface area contributed by atoms with Crippen molar-refractivity contribution in [1.29, 1.82) is 5.26 Å². The Labute approximate surface area is 280 Å². The average molecular weight is 625 g/mol. The Morgan fingerprint density at radius 1 is 0.531 bits per heavy atom. The fraction of sp³-hybridized carbons (Fsp3) is 0. The van der Waals surface area contributed by atoms with E-state index < -0.39 is 0 Å². The smallest absolute Gasteiger partial charge is 0.229 e. The highest BCUT2D eigenvalue weighted by molar-refractivity contribution is 6.28. The fourth-order valence-corrected chi connectivity index (χ4v) is 7.67. The molecule has 0 fully saturated rings. The van der Waals surface area contributed by atoms with Crippen LogP contribution < -0.4 is 0 Å². The minimum absolute atomic E-state index is 0.522. The van der Waals surface area contributed by atoms with Gasteiger partial charge in [-0.1, -0.05) is 78.9 Å². The van der Waals surface area contributed by atoms with Crippen LogP contribution in [0.15, 0.2) is 150 Å². The van der Waals surface area contributed by atoms with E-state index in [0.717, 1.165) is 82.5 Å². The van der Waals surface area contributed by atoms with Gasteiger partial charge in [0, 0.05) is 43.7 Å². The molecule has 10 aromatic rings. The standard InChI is InChI=1S/C44H24N4O/c1-46-36-16-8-15-34-43-41(49-44(34)36)22-21-40-42(43)33-14-3-5-18-38(33)48(40)31-12-7-10-29(25-31)28-9-6-11-30(24-28)47-37-17-4-2-13-32(37)35-23-27(26-45)19-20-39(35)47/h2-25H. The van der Waals surface area contributed by atoms with Crippen LogP contribution >= 0.6 is 0 Å². The Kier molecular flexibility index (Phi) is 5.64. The Bertz CT molecular complexity index is 3090. The Balaban J connectivity index is 1.17. The van der Waals surface area contributed by atoms with Gasteiger partial charge in [0.25, 0.3) is 0 Å². The minimum atomic E-state index is 0.522. The van der Waals surface area contributed by atoms with Gasteiger partial charge in [0.05, 0.1) is 40.3 Å². The molecule has 5 heteroatoms. The van der Waals surface area contributed by atoms with Crippen molar-refractivity contribution >= 4 is 71.2 Å². The van der Waals surface area contributed by atoms with E-state index in [9.17, 15) is 5.26 Å². The molecule has 0 atom stereocenters. The number of nitriles is 1. The monoisotopic (exact) mass is 624 g/mol. The molecule has 3 aromatic heterocycles. The van der Waals surface area contributed by atoms with E-state index in [1.807, 2.05) is 42.5 Å². The van der Waals surface area contributed by atoms with Crippen LogP contribution in [0.4, 0.5) is 5.69 Å². The number of hydrogen-bond donors (Lipinski definition) is 0. The van der Waals surface area contributed by atoms with Crippen LogP contribution in [0.1, 0.15) is 5.56 Å². The molecule has 3 heterocycles. The number of furan rings is 1. The lowest BCUT2D eigenvalue weighted by Crippen LogP contribution is -1.96. The van der Waals surface area contributed by atoms with E-state index in [1.165, 1.54) is 0 Å². The van der Waals surface area contributed by atoms with Gasteiger partial charge < -0.3 is 13.6 Å². The molecule has 5 nitrogen and oxygen atoms in total.